The summed E-state index contributed by atoms with van der Waals surface area (Å²) in [6, 6.07) is 7.54. The number of benzene rings is 2. The lowest BCUT2D eigenvalue weighted by molar-refractivity contribution is -0.137. The van der Waals surface area contributed by atoms with Crippen LogP contribution in [0.25, 0.3) is 10.9 Å². The lowest BCUT2D eigenvalue weighted by atomic mass is 10.1. The number of fused-ring (bicyclic) bond motifs is 1. The van der Waals surface area contributed by atoms with Crippen molar-refractivity contribution in [2.24, 2.45) is 0 Å². The van der Waals surface area contributed by atoms with E-state index in [9.17, 15) is 30.8 Å². The number of aromatic nitrogens is 1. The number of halogens is 4. The molecule has 0 spiro atoms. The molecule has 0 atom stereocenters. The Morgan fingerprint density at radius 2 is 1.81 bits per heavy atom. The van der Waals surface area contributed by atoms with Gasteiger partial charge in [-0.2, -0.15) is 13.2 Å². The maximum absolute atomic E-state index is 13.5. The Morgan fingerprint density at radius 3 is 2.48 bits per heavy atom. The fourth-order valence-electron chi connectivity index (χ4n) is 3.14. The first kappa shape index (κ1) is 22.8. The lowest BCUT2D eigenvalue weighted by Crippen LogP contribution is -2.48. The third-order valence-corrected chi connectivity index (χ3v) is 7.50. The second-order valence-electron chi connectivity index (χ2n) is 7.55. The molecule has 1 aromatic heterocycles. The molecule has 1 amide bonds. The van der Waals surface area contributed by atoms with Crippen LogP contribution in [-0.4, -0.2) is 30.6 Å². The minimum Gasteiger partial charge on any atom is -0.361 e. The highest BCUT2D eigenvalue weighted by atomic mass is 32.2. The Hall–Kier alpha value is -2.88. The molecule has 31 heavy (non-hydrogen) atoms. The zero-order valence-electron chi connectivity index (χ0n) is 16.7. The molecule has 0 aliphatic rings. The SMILES string of the molecule is CC(C)(C(=O)NCCc1c[nH]c2ccc(F)cc12)S(=O)(=O)c1cccc(C(F)(F)F)c1. The van der Waals surface area contributed by atoms with Gasteiger partial charge in [-0.25, -0.2) is 12.8 Å². The van der Waals surface area contributed by atoms with Gasteiger partial charge in [-0.3, -0.25) is 4.79 Å². The van der Waals surface area contributed by atoms with E-state index >= 15 is 0 Å². The van der Waals surface area contributed by atoms with Crippen LogP contribution in [0.15, 0.2) is 53.6 Å². The van der Waals surface area contributed by atoms with E-state index < -0.39 is 42.9 Å². The van der Waals surface area contributed by atoms with Crippen LogP contribution in [0.1, 0.15) is 25.0 Å². The molecule has 0 aliphatic heterocycles. The van der Waals surface area contributed by atoms with E-state index in [-0.39, 0.29) is 6.54 Å². The van der Waals surface area contributed by atoms with Gasteiger partial charge >= 0.3 is 6.18 Å². The number of rotatable bonds is 6. The average molecular weight is 456 g/mol. The lowest BCUT2D eigenvalue weighted by Gasteiger charge is -2.24. The van der Waals surface area contributed by atoms with E-state index in [4.69, 9.17) is 0 Å². The van der Waals surface area contributed by atoms with Gasteiger partial charge in [0.25, 0.3) is 0 Å². The van der Waals surface area contributed by atoms with Crippen molar-refractivity contribution in [2.75, 3.05) is 6.54 Å². The predicted octanol–water partition coefficient (Wildman–Crippen LogP) is 4.24. The summed E-state index contributed by atoms with van der Waals surface area (Å²) in [5, 5.41) is 3.16. The summed E-state index contributed by atoms with van der Waals surface area (Å²) >= 11 is 0. The standard InChI is InChI=1S/C21H20F4N2O3S/c1-20(2,31(29,30)16-5-3-4-14(10-16)21(23,24)25)19(28)26-9-8-13-12-27-18-7-6-15(22)11-17(13)18/h3-7,10-12,27H,8-9H2,1-2H3,(H,26,28). The molecule has 2 aromatic carbocycles. The Bertz CT molecular complexity index is 1230. The van der Waals surface area contributed by atoms with Gasteiger partial charge in [0.15, 0.2) is 9.84 Å². The topological polar surface area (TPSA) is 79.0 Å². The Balaban J connectivity index is 1.75. The third-order valence-electron chi connectivity index (χ3n) is 5.10. The summed E-state index contributed by atoms with van der Waals surface area (Å²) < 4.78 is 76.1. The number of H-pyrrole nitrogens is 1. The first-order chi connectivity index (χ1) is 14.3. The molecule has 0 saturated heterocycles. The molecule has 2 N–H and O–H groups in total. The summed E-state index contributed by atoms with van der Waals surface area (Å²) in [6.07, 6.45) is -2.74. The van der Waals surface area contributed by atoms with E-state index in [1.165, 1.54) is 12.1 Å². The van der Waals surface area contributed by atoms with Crippen LogP contribution in [0.4, 0.5) is 17.6 Å². The second kappa shape index (κ2) is 7.99. The quantitative estimate of drug-likeness (QED) is 0.545. The highest BCUT2D eigenvalue weighted by Gasteiger charge is 2.43. The molecule has 0 fully saturated rings. The van der Waals surface area contributed by atoms with Gasteiger partial charge in [-0.05, 0) is 62.2 Å². The van der Waals surface area contributed by atoms with Crippen molar-refractivity contribution in [2.45, 2.75) is 36.1 Å². The van der Waals surface area contributed by atoms with Crippen LogP contribution < -0.4 is 5.32 Å². The van der Waals surface area contributed by atoms with Gasteiger partial charge in [0.05, 0.1) is 10.5 Å². The Kier molecular flexibility index (Phi) is 5.88. The molecular weight excluding hydrogens is 436 g/mol. The molecule has 5 nitrogen and oxygen atoms in total. The van der Waals surface area contributed by atoms with Crippen molar-refractivity contribution in [1.82, 2.24) is 10.3 Å². The summed E-state index contributed by atoms with van der Waals surface area (Å²) in [4.78, 5) is 15.0. The van der Waals surface area contributed by atoms with Gasteiger partial charge in [0.1, 0.15) is 10.6 Å². The van der Waals surface area contributed by atoms with Crippen molar-refractivity contribution in [3.05, 3.63) is 65.6 Å². The number of alkyl halides is 3. The first-order valence-corrected chi connectivity index (χ1v) is 10.8. The van der Waals surface area contributed by atoms with Gasteiger partial charge in [0.2, 0.25) is 5.91 Å². The van der Waals surface area contributed by atoms with Crippen molar-refractivity contribution in [1.29, 1.82) is 0 Å². The zero-order chi connectivity index (χ0) is 23.0. The molecule has 0 aliphatic carbocycles. The molecular formula is C21H20F4N2O3S. The van der Waals surface area contributed by atoms with Crippen molar-refractivity contribution in [3.63, 3.8) is 0 Å². The molecule has 166 valence electrons. The predicted molar refractivity (Wildman–Crippen MR) is 108 cm³/mol. The summed E-state index contributed by atoms with van der Waals surface area (Å²) in [6.45, 7) is 2.34. The molecule has 3 rings (SSSR count). The fourth-order valence-corrected chi connectivity index (χ4v) is 4.58. The van der Waals surface area contributed by atoms with Gasteiger partial charge in [0, 0.05) is 23.6 Å². The largest absolute Gasteiger partial charge is 0.416 e. The number of hydrogen-bond acceptors (Lipinski definition) is 3. The number of aromatic amines is 1. The maximum Gasteiger partial charge on any atom is 0.416 e. The fraction of sp³-hybridized carbons (Fsp3) is 0.286. The normalized spacial score (nSPS) is 12.8. The third kappa shape index (κ3) is 4.43. The van der Waals surface area contributed by atoms with Crippen molar-refractivity contribution >= 4 is 26.6 Å². The van der Waals surface area contributed by atoms with Crippen LogP contribution in [0.2, 0.25) is 0 Å². The van der Waals surface area contributed by atoms with E-state index in [1.54, 1.807) is 12.3 Å². The monoisotopic (exact) mass is 456 g/mol. The van der Waals surface area contributed by atoms with Crippen LogP contribution in [0.5, 0.6) is 0 Å². The van der Waals surface area contributed by atoms with Crippen LogP contribution in [0.3, 0.4) is 0 Å². The zero-order valence-corrected chi connectivity index (χ0v) is 17.5. The number of amides is 1. The van der Waals surface area contributed by atoms with Crippen LogP contribution >= 0.6 is 0 Å². The Morgan fingerprint density at radius 1 is 1.10 bits per heavy atom. The average Bonchev–Trinajstić information content (AvgIpc) is 3.09. The van der Waals surface area contributed by atoms with Gasteiger partial charge < -0.3 is 10.3 Å². The number of hydrogen-bond donors (Lipinski definition) is 2. The molecule has 0 radical (unpaired) electrons. The molecule has 0 bridgehead atoms. The minimum atomic E-state index is -4.71. The molecule has 3 aromatic rings. The number of carbonyl (C=O) groups is 1. The smallest absolute Gasteiger partial charge is 0.361 e. The van der Waals surface area contributed by atoms with Gasteiger partial charge in [-0.1, -0.05) is 6.07 Å². The first-order valence-electron chi connectivity index (χ1n) is 9.30. The van der Waals surface area contributed by atoms with Crippen molar-refractivity contribution in [3.8, 4) is 0 Å². The van der Waals surface area contributed by atoms with E-state index in [1.807, 2.05) is 0 Å². The Labute approximate surface area is 176 Å². The summed E-state index contributed by atoms with van der Waals surface area (Å²) in [5.41, 5.74) is 0.333. The highest BCUT2D eigenvalue weighted by molar-refractivity contribution is 7.93. The molecule has 10 heteroatoms. The van der Waals surface area contributed by atoms with Crippen LogP contribution in [-0.2, 0) is 27.2 Å². The number of carbonyl (C=O) groups excluding carboxylic acids is 1. The summed E-state index contributed by atoms with van der Waals surface area (Å²) in [5.74, 6) is -1.26. The highest BCUT2D eigenvalue weighted by Crippen LogP contribution is 2.33. The van der Waals surface area contributed by atoms with Gasteiger partial charge in [-0.15, -0.1) is 0 Å². The number of sulfone groups is 1. The van der Waals surface area contributed by atoms with E-state index in [0.29, 0.717) is 17.9 Å². The molecule has 0 unspecified atom stereocenters. The minimum absolute atomic E-state index is 0.0594. The van der Waals surface area contributed by atoms with E-state index in [2.05, 4.69) is 10.3 Å². The summed E-state index contributed by atoms with van der Waals surface area (Å²) in [7, 11) is -4.41. The van der Waals surface area contributed by atoms with Crippen molar-refractivity contribution < 1.29 is 30.8 Å². The van der Waals surface area contributed by atoms with E-state index in [0.717, 1.165) is 43.1 Å². The molecule has 0 saturated carbocycles. The number of nitrogens with one attached hydrogen (secondary N) is 2. The maximum atomic E-state index is 13.5. The molecule has 1 heterocycles. The second-order valence-corrected chi connectivity index (χ2v) is 10.0. The van der Waals surface area contributed by atoms with Crippen LogP contribution in [0, 0.1) is 5.82 Å².